The molecular weight excluding hydrogens is 277 g/mol. The molecule has 3 N–H and O–H groups in total. The number of hydrogen-bond donors (Lipinski definition) is 3. The minimum atomic E-state index is -4.68. The quantitative estimate of drug-likeness (QED) is 0.518. The minimum absolute atomic E-state index is 0.0812. The van der Waals surface area contributed by atoms with E-state index in [0.717, 1.165) is 7.11 Å². The number of hydrogen-bond acceptors (Lipinski definition) is 4. The van der Waals surface area contributed by atoms with Crippen LogP contribution in [0.1, 0.15) is 6.92 Å². The van der Waals surface area contributed by atoms with E-state index in [1.165, 1.54) is 25.1 Å². The van der Waals surface area contributed by atoms with Crippen molar-refractivity contribution in [2.75, 3.05) is 12.4 Å². The molecule has 1 aromatic carbocycles. The first kappa shape index (κ1) is 12.8. The van der Waals surface area contributed by atoms with Gasteiger partial charge < -0.3 is 0 Å². The van der Waals surface area contributed by atoms with Crippen molar-refractivity contribution >= 4 is 30.1 Å². The van der Waals surface area contributed by atoms with Crippen molar-refractivity contribution < 1.29 is 21.5 Å². The summed E-state index contributed by atoms with van der Waals surface area (Å²) in [5, 5.41) is 12.0. The van der Waals surface area contributed by atoms with Crippen LogP contribution >= 0.6 is 0 Å². The van der Waals surface area contributed by atoms with Crippen molar-refractivity contribution in [2.45, 2.75) is 6.92 Å². The van der Waals surface area contributed by atoms with Crippen LogP contribution in [-0.2, 0) is 12.3 Å². The van der Waals surface area contributed by atoms with Gasteiger partial charge in [0.25, 0.3) is 0 Å². The molecule has 1 amide bonds. The molecule has 0 radical (unpaired) electrons. The number of rotatable bonds is 3. The van der Waals surface area contributed by atoms with Gasteiger partial charge in [-0.15, -0.1) is 0 Å². The van der Waals surface area contributed by atoms with Crippen LogP contribution in [0.25, 0.3) is 0 Å². The van der Waals surface area contributed by atoms with E-state index in [2.05, 4.69) is 9.04 Å². The molecule has 0 aliphatic carbocycles. The van der Waals surface area contributed by atoms with E-state index in [9.17, 15) is 17.7 Å². The Hall–Kier alpha value is -1.23. The van der Waals surface area contributed by atoms with Crippen LogP contribution < -0.4 is 9.67 Å². The molecule has 0 aliphatic heterocycles. The topological polar surface area (TPSA) is 95.9 Å². The van der Waals surface area contributed by atoms with E-state index >= 15 is 0 Å². The summed E-state index contributed by atoms with van der Waals surface area (Å²) in [6.45, 7) is 1.27. The van der Waals surface area contributed by atoms with Gasteiger partial charge in [-0.1, -0.05) is 0 Å². The summed E-state index contributed by atoms with van der Waals surface area (Å²) >= 11 is -4.68. The van der Waals surface area contributed by atoms with Gasteiger partial charge in [-0.25, -0.2) is 0 Å². The first-order valence-corrected chi connectivity index (χ1v) is 7.68. The maximum absolute atomic E-state index is 11.6. The van der Waals surface area contributed by atoms with E-state index in [1.54, 1.807) is 0 Å². The van der Waals surface area contributed by atoms with Crippen molar-refractivity contribution in [3.05, 3.63) is 18.2 Å². The number of carbonyl (C=O) groups is 1. The molecule has 7 heteroatoms. The molecule has 6 nitrogen and oxygen atoms in total. The number of anilines is 1. The summed E-state index contributed by atoms with van der Waals surface area (Å²) < 4.78 is 25.3. The summed E-state index contributed by atoms with van der Waals surface area (Å²) in [7, 11) is 1.09. The Labute approximate surface area is 95.2 Å². The molecule has 88 valence electrons. The predicted octanol–water partition coefficient (Wildman–Crippen LogP) is -0.434. The van der Waals surface area contributed by atoms with E-state index in [1.807, 2.05) is 0 Å². The Kier molecular flexibility index (Phi) is 3.80. The fourth-order valence-corrected chi connectivity index (χ4v) is 2.95. The second-order valence-electron chi connectivity index (χ2n) is 3.06. The average molecular weight is 289 g/mol. The van der Waals surface area contributed by atoms with E-state index < -0.39 is 19.9 Å². The van der Waals surface area contributed by atoms with Crippen LogP contribution in [0, 0.1) is 0 Å². The summed E-state index contributed by atoms with van der Waals surface area (Å²) in [6, 6.07) is 4.15. The van der Waals surface area contributed by atoms with Crippen molar-refractivity contribution in [1.29, 1.82) is 0 Å². The second-order valence-corrected chi connectivity index (χ2v) is 7.02. The number of nitrogens with one attached hydrogen (secondary N) is 1. The first-order chi connectivity index (χ1) is 7.38. The van der Waals surface area contributed by atoms with Gasteiger partial charge in [0.05, 0.1) is 0 Å². The summed E-state index contributed by atoms with van der Waals surface area (Å²) in [5.41, 5.74) is 0.0812. The Morgan fingerprint density at radius 1 is 1.50 bits per heavy atom. The monoisotopic (exact) mass is 289 g/mol. The van der Waals surface area contributed by atoms with Crippen molar-refractivity contribution in [2.24, 2.45) is 0 Å². The SMILES string of the molecule is CO[As](=O)(O)c1cccc(NC(C)=O)c1O. The van der Waals surface area contributed by atoms with Gasteiger partial charge in [-0.3, -0.25) is 0 Å². The number of benzene rings is 1. The molecule has 0 saturated heterocycles. The van der Waals surface area contributed by atoms with Crippen LogP contribution in [0.5, 0.6) is 5.75 Å². The Morgan fingerprint density at radius 2 is 2.12 bits per heavy atom. The van der Waals surface area contributed by atoms with Crippen molar-refractivity contribution in [3.63, 3.8) is 0 Å². The number of para-hydroxylation sites is 1. The third-order valence-electron chi connectivity index (χ3n) is 1.88. The summed E-state index contributed by atoms with van der Waals surface area (Å²) in [4.78, 5) is 10.8. The van der Waals surface area contributed by atoms with Gasteiger partial charge in [0.1, 0.15) is 0 Å². The molecular formula is C9H12AsNO5. The molecule has 1 unspecified atom stereocenters. The molecule has 0 fully saturated rings. The number of phenols is 1. The van der Waals surface area contributed by atoms with Crippen molar-refractivity contribution in [3.8, 4) is 5.75 Å². The second kappa shape index (κ2) is 4.74. The molecule has 1 aromatic rings. The van der Waals surface area contributed by atoms with Crippen LogP contribution in [0.15, 0.2) is 18.2 Å². The first-order valence-electron chi connectivity index (χ1n) is 4.37. The molecule has 0 spiro atoms. The molecule has 1 rings (SSSR count). The molecule has 0 heterocycles. The van der Waals surface area contributed by atoms with Crippen LogP contribution in [0.3, 0.4) is 0 Å². The Balaban J connectivity index is 3.24. The van der Waals surface area contributed by atoms with Gasteiger partial charge in [0.2, 0.25) is 0 Å². The number of amides is 1. The van der Waals surface area contributed by atoms with Crippen molar-refractivity contribution in [1.82, 2.24) is 0 Å². The molecule has 16 heavy (non-hydrogen) atoms. The zero-order chi connectivity index (χ0) is 12.3. The molecule has 1 atom stereocenters. The van der Waals surface area contributed by atoms with E-state index in [4.69, 9.17) is 0 Å². The number of phenolic OH excluding ortho intramolecular Hbond substituents is 1. The normalized spacial score (nSPS) is 14.2. The fraction of sp³-hybridized carbons (Fsp3) is 0.222. The zero-order valence-corrected chi connectivity index (χ0v) is 10.7. The molecule has 0 aromatic heterocycles. The number of carbonyl (C=O) groups excluding carboxylic acids is 1. The van der Waals surface area contributed by atoms with Crippen LogP contribution in [0.4, 0.5) is 5.69 Å². The third kappa shape index (κ3) is 2.66. The fourth-order valence-electron chi connectivity index (χ4n) is 1.15. The Bertz CT molecular complexity index is 459. The summed E-state index contributed by atoms with van der Waals surface area (Å²) in [5.74, 6) is -0.825. The predicted molar refractivity (Wildman–Crippen MR) is 57.7 cm³/mol. The van der Waals surface area contributed by atoms with Gasteiger partial charge >= 0.3 is 94.9 Å². The number of aromatic hydroxyl groups is 1. The average Bonchev–Trinajstić information content (AvgIpc) is 2.20. The van der Waals surface area contributed by atoms with Gasteiger partial charge in [-0.05, 0) is 0 Å². The standard InChI is InChI=1S/C9H12AsNO5/c1-6(12)11-8-5-3-4-7(9(8)13)10(14,15)16-2/h3-5,13H,1-2H3,(H,11,12)(H,14,15). The summed E-state index contributed by atoms with van der Waals surface area (Å²) in [6.07, 6.45) is 0. The van der Waals surface area contributed by atoms with Crippen LogP contribution in [-0.4, -0.2) is 36.4 Å². The van der Waals surface area contributed by atoms with Crippen LogP contribution in [0.2, 0.25) is 0 Å². The molecule has 0 bridgehead atoms. The Morgan fingerprint density at radius 3 is 2.62 bits per heavy atom. The van der Waals surface area contributed by atoms with Gasteiger partial charge in [-0.2, -0.15) is 0 Å². The third-order valence-corrected chi connectivity index (χ3v) is 4.95. The molecule has 0 saturated carbocycles. The van der Waals surface area contributed by atoms with E-state index in [0.29, 0.717) is 0 Å². The van der Waals surface area contributed by atoms with E-state index in [-0.39, 0.29) is 15.9 Å². The van der Waals surface area contributed by atoms with Gasteiger partial charge in [0, 0.05) is 0 Å². The zero-order valence-electron chi connectivity index (χ0n) is 8.80. The molecule has 0 aliphatic rings. The maximum atomic E-state index is 11.6. The van der Waals surface area contributed by atoms with Gasteiger partial charge in [0.15, 0.2) is 0 Å².